The van der Waals surface area contributed by atoms with Crippen molar-refractivity contribution in [2.75, 3.05) is 5.73 Å². The quantitative estimate of drug-likeness (QED) is 0.817. The standard InChI is InChI=1S/C12H7Cl2F2NO/c13-7-4-12(10(17)5-9(7)16)18-11-2-1-6(15)3-8(11)14/h1-5H,17H2. The van der Waals surface area contributed by atoms with Gasteiger partial charge in [0.1, 0.15) is 17.4 Å². The van der Waals surface area contributed by atoms with Crippen molar-refractivity contribution in [2.24, 2.45) is 0 Å². The van der Waals surface area contributed by atoms with Crippen molar-refractivity contribution in [3.8, 4) is 11.5 Å². The van der Waals surface area contributed by atoms with Crippen LogP contribution >= 0.6 is 23.2 Å². The Labute approximate surface area is 112 Å². The molecule has 0 aliphatic rings. The fraction of sp³-hybridized carbons (Fsp3) is 0. The van der Waals surface area contributed by atoms with Gasteiger partial charge in [-0.1, -0.05) is 23.2 Å². The second kappa shape index (κ2) is 5.00. The Morgan fingerprint density at radius 3 is 2.33 bits per heavy atom. The Morgan fingerprint density at radius 2 is 1.67 bits per heavy atom. The van der Waals surface area contributed by atoms with Gasteiger partial charge in [0.25, 0.3) is 0 Å². The smallest absolute Gasteiger partial charge is 0.152 e. The van der Waals surface area contributed by atoms with E-state index in [0.717, 1.165) is 12.1 Å². The molecule has 2 aromatic rings. The van der Waals surface area contributed by atoms with E-state index in [1.807, 2.05) is 0 Å². The summed E-state index contributed by atoms with van der Waals surface area (Å²) in [5.74, 6) is -0.786. The highest BCUT2D eigenvalue weighted by atomic mass is 35.5. The van der Waals surface area contributed by atoms with Gasteiger partial charge in [-0.05, 0) is 18.2 Å². The molecule has 0 bridgehead atoms. The van der Waals surface area contributed by atoms with E-state index in [4.69, 9.17) is 33.7 Å². The van der Waals surface area contributed by atoms with Crippen molar-refractivity contribution < 1.29 is 13.5 Å². The number of nitrogen functional groups attached to an aromatic ring is 1. The zero-order valence-electron chi connectivity index (χ0n) is 8.88. The van der Waals surface area contributed by atoms with Crippen LogP contribution in [0.4, 0.5) is 14.5 Å². The minimum Gasteiger partial charge on any atom is -0.454 e. The summed E-state index contributed by atoms with van der Waals surface area (Å²) >= 11 is 11.4. The van der Waals surface area contributed by atoms with Gasteiger partial charge in [-0.25, -0.2) is 8.78 Å². The summed E-state index contributed by atoms with van der Waals surface area (Å²) < 4.78 is 31.3. The molecule has 18 heavy (non-hydrogen) atoms. The fourth-order valence-electron chi connectivity index (χ4n) is 1.31. The maximum Gasteiger partial charge on any atom is 0.152 e. The van der Waals surface area contributed by atoms with Crippen molar-refractivity contribution in [3.63, 3.8) is 0 Å². The van der Waals surface area contributed by atoms with Crippen LogP contribution in [-0.2, 0) is 0 Å². The second-order valence-electron chi connectivity index (χ2n) is 3.48. The maximum atomic E-state index is 13.1. The van der Waals surface area contributed by atoms with E-state index in [9.17, 15) is 8.78 Å². The Morgan fingerprint density at radius 1 is 0.944 bits per heavy atom. The number of benzene rings is 2. The number of hydrogen-bond donors (Lipinski definition) is 1. The highest BCUT2D eigenvalue weighted by molar-refractivity contribution is 6.32. The van der Waals surface area contributed by atoms with Crippen LogP contribution in [0.2, 0.25) is 10.0 Å². The largest absolute Gasteiger partial charge is 0.454 e. The van der Waals surface area contributed by atoms with Gasteiger partial charge in [-0.2, -0.15) is 0 Å². The van der Waals surface area contributed by atoms with Crippen molar-refractivity contribution in [2.45, 2.75) is 0 Å². The number of ether oxygens (including phenoxy) is 1. The molecule has 2 N–H and O–H groups in total. The number of halogens is 4. The third kappa shape index (κ3) is 2.66. The molecule has 2 nitrogen and oxygen atoms in total. The predicted octanol–water partition coefficient (Wildman–Crippen LogP) is 4.65. The molecule has 0 unspecified atom stereocenters. The van der Waals surface area contributed by atoms with Gasteiger partial charge in [0.15, 0.2) is 5.75 Å². The first kappa shape index (κ1) is 12.9. The lowest BCUT2D eigenvalue weighted by Crippen LogP contribution is -1.94. The molecule has 0 atom stereocenters. The van der Waals surface area contributed by atoms with E-state index in [2.05, 4.69) is 0 Å². The van der Waals surface area contributed by atoms with Crippen LogP contribution in [0, 0.1) is 11.6 Å². The summed E-state index contributed by atoms with van der Waals surface area (Å²) in [4.78, 5) is 0. The molecule has 6 heteroatoms. The van der Waals surface area contributed by atoms with Crippen LogP contribution in [0.15, 0.2) is 30.3 Å². The lowest BCUT2D eigenvalue weighted by atomic mass is 10.3. The molecule has 0 aromatic heterocycles. The van der Waals surface area contributed by atoms with Gasteiger partial charge < -0.3 is 10.5 Å². The van der Waals surface area contributed by atoms with E-state index in [1.165, 1.54) is 18.2 Å². The van der Waals surface area contributed by atoms with Gasteiger partial charge in [0.05, 0.1) is 15.7 Å². The normalized spacial score (nSPS) is 10.4. The molecule has 0 spiro atoms. The Hall–Kier alpha value is -1.52. The van der Waals surface area contributed by atoms with Crippen molar-refractivity contribution >= 4 is 28.9 Å². The molecular formula is C12H7Cl2F2NO. The topological polar surface area (TPSA) is 35.2 Å². The third-order valence-corrected chi connectivity index (χ3v) is 2.75. The van der Waals surface area contributed by atoms with Crippen molar-refractivity contribution in [3.05, 3.63) is 52.0 Å². The average Bonchev–Trinajstić information content (AvgIpc) is 2.29. The number of nitrogens with two attached hydrogens (primary N) is 1. The Balaban J connectivity index is 2.37. The minimum atomic E-state index is -0.647. The van der Waals surface area contributed by atoms with Crippen LogP contribution in [0.3, 0.4) is 0 Å². The van der Waals surface area contributed by atoms with Crippen molar-refractivity contribution in [1.82, 2.24) is 0 Å². The molecule has 0 saturated carbocycles. The van der Waals surface area contributed by atoms with Gasteiger partial charge in [0.2, 0.25) is 0 Å². The van der Waals surface area contributed by atoms with E-state index in [1.54, 1.807) is 0 Å². The Bertz CT molecular complexity index is 605. The summed E-state index contributed by atoms with van der Waals surface area (Å²) in [7, 11) is 0. The molecule has 0 saturated heterocycles. The molecule has 2 aromatic carbocycles. The predicted molar refractivity (Wildman–Crippen MR) is 67.3 cm³/mol. The lowest BCUT2D eigenvalue weighted by molar-refractivity contribution is 0.481. The summed E-state index contributed by atoms with van der Waals surface area (Å²) in [6.07, 6.45) is 0. The monoisotopic (exact) mass is 289 g/mol. The Kier molecular flexibility index (Phi) is 3.59. The molecule has 0 heterocycles. The SMILES string of the molecule is Nc1cc(F)c(Cl)cc1Oc1ccc(F)cc1Cl. The van der Waals surface area contributed by atoms with Crippen LogP contribution < -0.4 is 10.5 Å². The minimum absolute atomic E-state index is 0.0669. The molecular weight excluding hydrogens is 283 g/mol. The molecule has 0 amide bonds. The van der Waals surface area contributed by atoms with Gasteiger partial charge in [-0.3, -0.25) is 0 Å². The van der Waals surface area contributed by atoms with Crippen LogP contribution in [0.25, 0.3) is 0 Å². The van der Waals surface area contributed by atoms with Crippen LogP contribution in [0.5, 0.6) is 11.5 Å². The van der Waals surface area contributed by atoms with Gasteiger partial charge in [-0.15, -0.1) is 0 Å². The fourth-order valence-corrected chi connectivity index (χ4v) is 1.67. The number of hydrogen-bond acceptors (Lipinski definition) is 2. The van der Waals surface area contributed by atoms with E-state index >= 15 is 0 Å². The maximum absolute atomic E-state index is 13.1. The van der Waals surface area contributed by atoms with Crippen LogP contribution in [-0.4, -0.2) is 0 Å². The van der Waals surface area contributed by atoms with Crippen LogP contribution in [0.1, 0.15) is 0 Å². The number of rotatable bonds is 2. The zero-order valence-corrected chi connectivity index (χ0v) is 10.4. The van der Waals surface area contributed by atoms with Gasteiger partial charge >= 0.3 is 0 Å². The molecule has 94 valence electrons. The first-order valence-electron chi connectivity index (χ1n) is 4.85. The lowest BCUT2D eigenvalue weighted by Gasteiger charge is -2.10. The molecule has 0 radical (unpaired) electrons. The zero-order chi connectivity index (χ0) is 13.3. The molecule has 2 rings (SSSR count). The van der Waals surface area contributed by atoms with Crippen molar-refractivity contribution in [1.29, 1.82) is 0 Å². The highest BCUT2D eigenvalue weighted by Gasteiger charge is 2.10. The third-order valence-electron chi connectivity index (χ3n) is 2.17. The summed E-state index contributed by atoms with van der Waals surface area (Å²) in [6, 6.07) is 5.89. The summed E-state index contributed by atoms with van der Waals surface area (Å²) in [5, 5.41) is -0.0488. The summed E-state index contributed by atoms with van der Waals surface area (Å²) in [5.41, 5.74) is 5.64. The van der Waals surface area contributed by atoms with E-state index in [0.29, 0.717) is 0 Å². The molecule has 0 fully saturated rings. The first-order chi connectivity index (χ1) is 8.47. The van der Waals surface area contributed by atoms with E-state index < -0.39 is 11.6 Å². The molecule has 0 aliphatic carbocycles. The number of anilines is 1. The molecule has 0 aliphatic heterocycles. The van der Waals surface area contributed by atoms with Gasteiger partial charge in [0, 0.05) is 12.1 Å². The van der Waals surface area contributed by atoms with E-state index in [-0.39, 0.29) is 27.2 Å². The average molecular weight is 290 g/mol. The first-order valence-corrected chi connectivity index (χ1v) is 5.60. The highest BCUT2D eigenvalue weighted by Crippen LogP contribution is 2.35. The second-order valence-corrected chi connectivity index (χ2v) is 4.30. The summed E-state index contributed by atoms with van der Waals surface area (Å²) in [6.45, 7) is 0.